The van der Waals surface area contributed by atoms with Crippen LogP contribution in [0.1, 0.15) is 41.0 Å². The Morgan fingerprint density at radius 3 is 2.41 bits per heavy atom. The first-order chi connectivity index (χ1) is 14.0. The van der Waals surface area contributed by atoms with Crippen molar-refractivity contribution in [1.82, 2.24) is 19.9 Å². The molecule has 3 aromatic rings. The van der Waals surface area contributed by atoms with Crippen molar-refractivity contribution in [3.05, 3.63) is 77.6 Å². The Balaban J connectivity index is 1.92. The third-order valence-corrected chi connectivity index (χ3v) is 4.75. The molecule has 1 heterocycles. The first kappa shape index (κ1) is 20.3. The fourth-order valence-electron chi connectivity index (χ4n) is 3.17. The highest BCUT2D eigenvalue weighted by Gasteiger charge is 2.29. The van der Waals surface area contributed by atoms with E-state index in [1.807, 2.05) is 68.4 Å². The van der Waals surface area contributed by atoms with E-state index in [1.54, 1.807) is 10.9 Å². The highest BCUT2D eigenvalue weighted by molar-refractivity contribution is 5.94. The lowest BCUT2D eigenvalue weighted by Crippen LogP contribution is -2.39. The van der Waals surface area contributed by atoms with E-state index >= 15 is 0 Å². The molecule has 1 atom stereocenters. The van der Waals surface area contributed by atoms with Crippen molar-refractivity contribution in [3.8, 4) is 5.69 Å². The van der Waals surface area contributed by atoms with Gasteiger partial charge in [0.1, 0.15) is 6.54 Å². The van der Waals surface area contributed by atoms with Crippen LogP contribution in [-0.4, -0.2) is 45.4 Å². The minimum absolute atomic E-state index is 0.167. The standard InChI is InChI=1S/C22H24N4O3/c1-4-20(17-8-6-5-7-9-17)25(15-21(27)29-3)22(28)19-14-26(24-23-19)18-12-10-16(2)11-13-18/h5-14,20H,4,15H2,1-3H3. The molecule has 2 aromatic carbocycles. The zero-order chi connectivity index (χ0) is 20.8. The molecule has 1 aromatic heterocycles. The van der Waals surface area contributed by atoms with Crippen molar-refractivity contribution in [1.29, 1.82) is 0 Å². The summed E-state index contributed by atoms with van der Waals surface area (Å²) in [7, 11) is 1.31. The lowest BCUT2D eigenvalue weighted by atomic mass is 10.0. The van der Waals surface area contributed by atoms with Crippen LogP contribution < -0.4 is 0 Å². The fraction of sp³-hybridized carbons (Fsp3) is 0.273. The predicted octanol–water partition coefficient (Wildman–Crippen LogP) is 3.34. The Hall–Kier alpha value is -3.48. The number of benzene rings is 2. The molecule has 0 radical (unpaired) electrons. The smallest absolute Gasteiger partial charge is 0.325 e. The van der Waals surface area contributed by atoms with Crippen LogP contribution in [0.15, 0.2) is 60.8 Å². The average molecular weight is 392 g/mol. The largest absolute Gasteiger partial charge is 0.468 e. The van der Waals surface area contributed by atoms with Gasteiger partial charge in [-0.15, -0.1) is 5.10 Å². The molecule has 7 heteroatoms. The van der Waals surface area contributed by atoms with Crippen molar-refractivity contribution in [2.45, 2.75) is 26.3 Å². The number of aryl methyl sites for hydroxylation is 1. The highest BCUT2D eigenvalue weighted by Crippen LogP contribution is 2.25. The van der Waals surface area contributed by atoms with Crippen LogP contribution in [0.25, 0.3) is 5.69 Å². The predicted molar refractivity (Wildman–Crippen MR) is 109 cm³/mol. The van der Waals surface area contributed by atoms with Gasteiger partial charge in [0.25, 0.3) is 5.91 Å². The maximum atomic E-state index is 13.3. The third kappa shape index (κ3) is 4.68. The van der Waals surface area contributed by atoms with E-state index in [-0.39, 0.29) is 24.2 Å². The number of rotatable bonds is 7. The SMILES string of the molecule is CCC(c1ccccc1)N(CC(=O)OC)C(=O)c1cn(-c2ccc(C)cc2)nn1. The number of ether oxygens (including phenoxy) is 1. The fourth-order valence-corrected chi connectivity index (χ4v) is 3.17. The Morgan fingerprint density at radius 2 is 1.79 bits per heavy atom. The minimum atomic E-state index is -0.487. The zero-order valence-corrected chi connectivity index (χ0v) is 16.8. The van der Waals surface area contributed by atoms with Crippen molar-refractivity contribution < 1.29 is 14.3 Å². The molecular weight excluding hydrogens is 368 g/mol. The molecule has 3 rings (SSSR count). The molecule has 29 heavy (non-hydrogen) atoms. The average Bonchev–Trinajstić information content (AvgIpc) is 3.24. The van der Waals surface area contributed by atoms with E-state index in [1.165, 1.54) is 12.0 Å². The Kier molecular flexibility index (Phi) is 6.39. The first-order valence-corrected chi connectivity index (χ1v) is 9.45. The van der Waals surface area contributed by atoms with Crippen LogP contribution in [-0.2, 0) is 9.53 Å². The molecule has 1 unspecified atom stereocenters. The normalized spacial score (nSPS) is 11.7. The summed E-state index contributed by atoms with van der Waals surface area (Å²) < 4.78 is 6.36. The van der Waals surface area contributed by atoms with E-state index in [4.69, 9.17) is 4.74 Å². The first-order valence-electron chi connectivity index (χ1n) is 9.45. The molecule has 0 saturated heterocycles. The number of carbonyl (C=O) groups excluding carboxylic acids is 2. The van der Waals surface area contributed by atoms with Crippen LogP contribution in [0.2, 0.25) is 0 Å². The van der Waals surface area contributed by atoms with Gasteiger partial charge >= 0.3 is 5.97 Å². The molecule has 0 N–H and O–H groups in total. The number of carbonyl (C=O) groups is 2. The van der Waals surface area contributed by atoms with Gasteiger partial charge < -0.3 is 9.64 Å². The second-order valence-corrected chi connectivity index (χ2v) is 6.73. The second-order valence-electron chi connectivity index (χ2n) is 6.73. The molecular formula is C22H24N4O3. The summed E-state index contributed by atoms with van der Waals surface area (Å²) in [5.41, 5.74) is 3.04. The summed E-state index contributed by atoms with van der Waals surface area (Å²) >= 11 is 0. The number of hydrogen-bond acceptors (Lipinski definition) is 5. The number of hydrogen-bond donors (Lipinski definition) is 0. The summed E-state index contributed by atoms with van der Waals surface area (Å²) in [5.74, 6) is -0.858. The number of esters is 1. The van der Waals surface area contributed by atoms with Gasteiger partial charge in [0.15, 0.2) is 5.69 Å². The van der Waals surface area contributed by atoms with Crippen molar-refractivity contribution in [2.75, 3.05) is 13.7 Å². The quantitative estimate of drug-likeness (QED) is 0.576. The molecule has 0 fully saturated rings. The van der Waals surface area contributed by atoms with Gasteiger partial charge in [0.2, 0.25) is 0 Å². The van der Waals surface area contributed by atoms with E-state index in [2.05, 4.69) is 10.3 Å². The van der Waals surface area contributed by atoms with Crippen molar-refractivity contribution in [2.24, 2.45) is 0 Å². The second kappa shape index (κ2) is 9.14. The molecule has 0 aliphatic heterocycles. The van der Waals surface area contributed by atoms with E-state index in [9.17, 15) is 9.59 Å². The Labute approximate surface area is 169 Å². The number of aromatic nitrogens is 3. The Morgan fingerprint density at radius 1 is 1.10 bits per heavy atom. The summed E-state index contributed by atoms with van der Waals surface area (Å²) in [5, 5.41) is 8.13. The molecule has 0 saturated carbocycles. The Bertz CT molecular complexity index is 967. The molecule has 0 aliphatic carbocycles. The lowest BCUT2D eigenvalue weighted by Gasteiger charge is -2.30. The molecule has 0 spiro atoms. The van der Waals surface area contributed by atoms with Crippen LogP contribution in [0.3, 0.4) is 0 Å². The number of amides is 1. The van der Waals surface area contributed by atoms with E-state index in [0.717, 1.165) is 16.8 Å². The van der Waals surface area contributed by atoms with Crippen molar-refractivity contribution in [3.63, 3.8) is 0 Å². The van der Waals surface area contributed by atoms with Gasteiger partial charge in [-0.2, -0.15) is 0 Å². The number of methoxy groups -OCH3 is 1. The maximum Gasteiger partial charge on any atom is 0.325 e. The van der Waals surface area contributed by atoms with Crippen LogP contribution >= 0.6 is 0 Å². The van der Waals surface area contributed by atoms with E-state index < -0.39 is 5.97 Å². The van der Waals surface area contributed by atoms with Gasteiger partial charge in [-0.25, -0.2) is 4.68 Å². The van der Waals surface area contributed by atoms with Crippen LogP contribution in [0, 0.1) is 6.92 Å². The van der Waals surface area contributed by atoms with Crippen LogP contribution in [0.5, 0.6) is 0 Å². The van der Waals surface area contributed by atoms with E-state index in [0.29, 0.717) is 6.42 Å². The molecule has 7 nitrogen and oxygen atoms in total. The number of nitrogens with zero attached hydrogens (tertiary/aromatic N) is 4. The van der Waals surface area contributed by atoms with Gasteiger partial charge in [0.05, 0.1) is 25.0 Å². The summed E-state index contributed by atoms with van der Waals surface area (Å²) in [4.78, 5) is 26.8. The molecule has 150 valence electrons. The zero-order valence-electron chi connectivity index (χ0n) is 16.8. The van der Waals surface area contributed by atoms with Gasteiger partial charge in [0, 0.05) is 0 Å². The van der Waals surface area contributed by atoms with Crippen molar-refractivity contribution >= 4 is 11.9 Å². The van der Waals surface area contributed by atoms with Gasteiger partial charge in [-0.1, -0.05) is 60.2 Å². The molecule has 0 aliphatic rings. The third-order valence-electron chi connectivity index (χ3n) is 4.75. The molecule has 1 amide bonds. The lowest BCUT2D eigenvalue weighted by molar-refractivity contribution is -0.141. The highest BCUT2D eigenvalue weighted by atomic mass is 16.5. The summed E-state index contributed by atoms with van der Waals surface area (Å²) in [6.07, 6.45) is 2.22. The monoisotopic (exact) mass is 392 g/mol. The minimum Gasteiger partial charge on any atom is -0.468 e. The summed E-state index contributed by atoms with van der Waals surface area (Å²) in [6, 6.07) is 17.1. The molecule has 0 bridgehead atoms. The van der Waals surface area contributed by atoms with Crippen LogP contribution in [0.4, 0.5) is 0 Å². The topological polar surface area (TPSA) is 77.3 Å². The van der Waals surface area contributed by atoms with Gasteiger partial charge in [-0.05, 0) is 31.0 Å². The maximum absolute atomic E-state index is 13.3. The summed E-state index contributed by atoms with van der Waals surface area (Å²) in [6.45, 7) is 3.80. The van der Waals surface area contributed by atoms with Gasteiger partial charge in [-0.3, -0.25) is 9.59 Å².